The highest BCUT2D eigenvalue weighted by molar-refractivity contribution is 7.15. The highest BCUT2D eigenvalue weighted by Crippen LogP contribution is 2.35. The van der Waals surface area contributed by atoms with Gasteiger partial charge in [-0.15, -0.1) is 10.2 Å². The topological polar surface area (TPSA) is 93.7 Å². The zero-order valence-corrected chi connectivity index (χ0v) is 17.1. The monoisotopic (exact) mass is 442 g/mol. The van der Waals surface area contributed by atoms with E-state index < -0.39 is 0 Å². The quantitative estimate of drug-likeness (QED) is 0.662. The molecule has 1 fully saturated rings. The van der Waals surface area contributed by atoms with Gasteiger partial charge in [0.05, 0.1) is 0 Å². The predicted molar refractivity (Wildman–Crippen MR) is 112 cm³/mol. The lowest BCUT2D eigenvalue weighted by Gasteiger charge is -2.16. The molecule has 3 aromatic rings. The second-order valence-corrected chi connectivity index (χ2v) is 8.29. The third-order valence-electron chi connectivity index (χ3n) is 4.91. The fourth-order valence-corrected chi connectivity index (χ4v) is 4.36. The molecule has 5 rings (SSSR count). The number of hydrogen-bond acceptors (Lipinski definition) is 7. The van der Waals surface area contributed by atoms with Crippen LogP contribution in [0.4, 0.5) is 10.8 Å². The van der Waals surface area contributed by atoms with Crippen LogP contribution in [0.3, 0.4) is 0 Å². The average molecular weight is 443 g/mol. The van der Waals surface area contributed by atoms with E-state index in [1.165, 1.54) is 11.3 Å². The van der Waals surface area contributed by atoms with Gasteiger partial charge in [-0.05, 0) is 42.5 Å². The Morgan fingerprint density at radius 2 is 1.93 bits per heavy atom. The second-order valence-electron chi connectivity index (χ2n) is 6.85. The molecule has 0 aliphatic carbocycles. The lowest BCUT2D eigenvalue weighted by Crippen LogP contribution is -2.24. The van der Waals surface area contributed by atoms with E-state index in [0.717, 1.165) is 5.69 Å². The van der Waals surface area contributed by atoms with Crippen molar-refractivity contribution in [1.29, 1.82) is 0 Å². The summed E-state index contributed by atoms with van der Waals surface area (Å²) in [5.41, 5.74) is 1.23. The van der Waals surface area contributed by atoms with Crippen molar-refractivity contribution in [2.75, 3.05) is 23.6 Å². The van der Waals surface area contributed by atoms with Crippen LogP contribution in [0.15, 0.2) is 42.5 Å². The number of ether oxygens (including phenoxy) is 2. The first-order valence-electron chi connectivity index (χ1n) is 9.17. The van der Waals surface area contributed by atoms with Gasteiger partial charge in [0.2, 0.25) is 17.8 Å². The number of anilines is 2. The molecule has 1 atom stereocenters. The number of carbonyl (C=O) groups is 2. The first-order valence-corrected chi connectivity index (χ1v) is 10.4. The highest BCUT2D eigenvalue weighted by Gasteiger charge is 2.34. The number of rotatable bonds is 4. The van der Waals surface area contributed by atoms with Gasteiger partial charge < -0.3 is 14.4 Å². The number of fused-ring (bicyclic) bond motifs is 1. The van der Waals surface area contributed by atoms with Gasteiger partial charge in [0, 0.05) is 35.2 Å². The van der Waals surface area contributed by atoms with E-state index in [-0.39, 0.29) is 24.5 Å². The van der Waals surface area contributed by atoms with Crippen LogP contribution in [-0.4, -0.2) is 35.3 Å². The standard InChI is InChI=1S/C20H15ClN4O4S/c21-13-2-4-14(5-3-13)25-9-12(8-17(25)26)19-23-24-20(30-19)22-18(27)11-1-6-15-16(7-11)29-10-28-15/h1-7,12H,8-10H2,(H,22,24,27). The van der Waals surface area contributed by atoms with Gasteiger partial charge >= 0.3 is 0 Å². The third kappa shape index (κ3) is 3.57. The van der Waals surface area contributed by atoms with Crippen molar-refractivity contribution in [3.05, 3.63) is 58.1 Å². The number of amides is 2. The zero-order valence-electron chi connectivity index (χ0n) is 15.5. The maximum Gasteiger partial charge on any atom is 0.257 e. The van der Waals surface area contributed by atoms with E-state index in [4.69, 9.17) is 21.1 Å². The van der Waals surface area contributed by atoms with E-state index >= 15 is 0 Å². The summed E-state index contributed by atoms with van der Waals surface area (Å²) < 4.78 is 10.6. The van der Waals surface area contributed by atoms with Gasteiger partial charge in [-0.2, -0.15) is 0 Å². The smallest absolute Gasteiger partial charge is 0.257 e. The highest BCUT2D eigenvalue weighted by atomic mass is 35.5. The summed E-state index contributed by atoms with van der Waals surface area (Å²) in [6, 6.07) is 12.1. The molecule has 2 amide bonds. The Labute approximate surface area is 180 Å². The molecule has 1 N–H and O–H groups in total. The Morgan fingerprint density at radius 1 is 1.13 bits per heavy atom. The normalized spacial score (nSPS) is 17.4. The van der Waals surface area contributed by atoms with Crippen molar-refractivity contribution >= 4 is 45.6 Å². The predicted octanol–water partition coefficient (Wildman–Crippen LogP) is 3.69. The molecule has 0 bridgehead atoms. The van der Waals surface area contributed by atoms with Crippen LogP contribution in [-0.2, 0) is 4.79 Å². The fraction of sp³-hybridized carbons (Fsp3) is 0.200. The molecule has 2 aromatic carbocycles. The van der Waals surface area contributed by atoms with Crippen molar-refractivity contribution in [2.24, 2.45) is 0 Å². The summed E-state index contributed by atoms with van der Waals surface area (Å²) in [5.74, 6) is 0.764. The number of halogens is 1. The number of benzene rings is 2. The van der Waals surface area contributed by atoms with Crippen LogP contribution in [0.2, 0.25) is 5.02 Å². The summed E-state index contributed by atoms with van der Waals surface area (Å²) >= 11 is 7.20. The molecular formula is C20H15ClN4O4S. The van der Waals surface area contributed by atoms with Crippen molar-refractivity contribution < 1.29 is 19.1 Å². The lowest BCUT2D eigenvalue weighted by atomic mass is 10.1. The van der Waals surface area contributed by atoms with Gasteiger partial charge in [0.15, 0.2) is 11.5 Å². The molecule has 2 aliphatic rings. The van der Waals surface area contributed by atoms with E-state index in [9.17, 15) is 9.59 Å². The van der Waals surface area contributed by atoms with Crippen LogP contribution < -0.4 is 19.7 Å². The molecular weight excluding hydrogens is 428 g/mol. The van der Waals surface area contributed by atoms with Crippen LogP contribution >= 0.6 is 22.9 Å². The largest absolute Gasteiger partial charge is 0.454 e. The van der Waals surface area contributed by atoms with Gasteiger partial charge in [-0.25, -0.2) is 0 Å². The Kier molecular flexibility index (Phi) is 4.76. The van der Waals surface area contributed by atoms with Crippen LogP contribution in [0.1, 0.15) is 27.7 Å². The number of nitrogens with zero attached hydrogens (tertiary/aromatic N) is 3. The first kappa shape index (κ1) is 18.8. The van der Waals surface area contributed by atoms with Crippen molar-refractivity contribution in [1.82, 2.24) is 10.2 Å². The van der Waals surface area contributed by atoms with Gasteiger partial charge in [-0.1, -0.05) is 22.9 Å². The maximum atomic E-state index is 12.5. The number of nitrogens with one attached hydrogen (secondary N) is 1. The summed E-state index contributed by atoms with van der Waals surface area (Å²) in [6.45, 7) is 0.651. The number of aromatic nitrogens is 2. The summed E-state index contributed by atoms with van der Waals surface area (Å²) in [4.78, 5) is 26.7. The molecule has 2 aliphatic heterocycles. The van der Waals surface area contributed by atoms with Gasteiger partial charge in [0.1, 0.15) is 5.01 Å². The molecule has 1 unspecified atom stereocenters. The Bertz CT molecular complexity index is 1130. The van der Waals surface area contributed by atoms with E-state index in [2.05, 4.69) is 15.5 Å². The van der Waals surface area contributed by atoms with Crippen LogP contribution in [0.5, 0.6) is 11.5 Å². The second kappa shape index (κ2) is 7.58. The average Bonchev–Trinajstić information content (AvgIpc) is 3.47. The van der Waals surface area contributed by atoms with E-state index in [1.54, 1.807) is 35.2 Å². The first-order chi connectivity index (χ1) is 14.6. The number of carbonyl (C=O) groups excluding carboxylic acids is 2. The lowest BCUT2D eigenvalue weighted by molar-refractivity contribution is -0.117. The fourth-order valence-electron chi connectivity index (χ4n) is 3.40. The SMILES string of the molecule is O=C(Nc1nnc(C2CC(=O)N(c3ccc(Cl)cc3)C2)s1)c1ccc2c(c1)OCO2. The Hall–Kier alpha value is -3.17. The third-order valence-corrected chi connectivity index (χ3v) is 6.16. The molecule has 10 heteroatoms. The summed E-state index contributed by atoms with van der Waals surface area (Å²) in [5, 5.41) is 12.7. The summed E-state index contributed by atoms with van der Waals surface area (Å²) in [7, 11) is 0. The van der Waals surface area contributed by atoms with Crippen molar-refractivity contribution in [3.63, 3.8) is 0 Å². The zero-order chi connectivity index (χ0) is 20.7. The Balaban J connectivity index is 1.27. The molecule has 3 heterocycles. The summed E-state index contributed by atoms with van der Waals surface area (Å²) in [6.07, 6.45) is 0.341. The molecule has 1 saturated heterocycles. The molecule has 0 radical (unpaired) electrons. The van der Waals surface area contributed by atoms with Crippen LogP contribution in [0, 0.1) is 0 Å². The van der Waals surface area contributed by atoms with E-state index in [1.807, 2.05) is 12.1 Å². The molecule has 1 aromatic heterocycles. The van der Waals surface area contributed by atoms with Crippen LogP contribution in [0.25, 0.3) is 0 Å². The minimum Gasteiger partial charge on any atom is -0.454 e. The minimum atomic E-state index is -0.318. The van der Waals surface area contributed by atoms with Gasteiger partial charge in [-0.3, -0.25) is 14.9 Å². The van der Waals surface area contributed by atoms with Crippen molar-refractivity contribution in [2.45, 2.75) is 12.3 Å². The number of hydrogen-bond donors (Lipinski definition) is 1. The molecule has 8 nitrogen and oxygen atoms in total. The maximum absolute atomic E-state index is 12.5. The molecule has 0 spiro atoms. The van der Waals surface area contributed by atoms with E-state index in [0.29, 0.717) is 45.2 Å². The molecule has 30 heavy (non-hydrogen) atoms. The Morgan fingerprint density at radius 3 is 2.77 bits per heavy atom. The van der Waals surface area contributed by atoms with Crippen molar-refractivity contribution in [3.8, 4) is 11.5 Å². The van der Waals surface area contributed by atoms with Gasteiger partial charge in [0.25, 0.3) is 5.91 Å². The molecule has 0 saturated carbocycles. The minimum absolute atomic E-state index is 0.0171. The molecule has 152 valence electrons.